The summed E-state index contributed by atoms with van der Waals surface area (Å²) in [5, 5.41) is 4.55. The molecule has 0 saturated carbocycles. The molecule has 1 atom stereocenters. The number of thiazole rings is 1. The quantitative estimate of drug-likeness (QED) is 0.799. The van der Waals surface area contributed by atoms with Crippen LogP contribution in [0.4, 0.5) is 0 Å². The van der Waals surface area contributed by atoms with Crippen molar-refractivity contribution >= 4 is 22.2 Å². The van der Waals surface area contributed by atoms with Gasteiger partial charge in [0.2, 0.25) is 0 Å². The van der Waals surface area contributed by atoms with E-state index in [2.05, 4.69) is 52.3 Å². The average molecular weight is 285 g/mol. The Labute approximate surface area is 123 Å². The molecule has 0 aliphatic carbocycles. The molecule has 4 heteroatoms. The van der Waals surface area contributed by atoms with Gasteiger partial charge in [0.1, 0.15) is 5.01 Å². The molecule has 2 heterocycles. The summed E-state index contributed by atoms with van der Waals surface area (Å²) in [6.07, 6.45) is 3.13. The third kappa shape index (κ3) is 2.62. The Hall–Kier alpha value is -1.65. The zero-order valence-corrected chi connectivity index (χ0v) is 12.7. The molecule has 2 N–H and O–H groups in total. The fourth-order valence-electron chi connectivity index (χ4n) is 2.58. The second-order valence-corrected chi connectivity index (χ2v) is 6.31. The Balaban J connectivity index is 2.02. The lowest BCUT2D eigenvalue weighted by Gasteiger charge is -2.02. The lowest BCUT2D eigenvalue weighted by Crippen LogP contribution is -2.17. The summed E-state index contributed by atoms with van der Waals surface area (Å²) < 4.78 is 2.28. The van der Waals surface area contributed by atoms with Crippen LogP contribution in [-0.4, -0.2) is 15.6 Å². The highest BCUT2D eigenvalue weighted by atomic mass is 32.1. The predicted molar refractivity (Wildman–Crippen MR) is 85.2 cm³/mol. The van der Waals surface area contributed by atoms with Crippen LogP contribution in [0.3, 0.4) is 0 Å². The topological polar surface area (TPSA) is 43.8 Å². The van der Waals surface area contributed by atoms with Crippen molar-refractivity contribution in [2.45, 2.75) is 32.9 Å². The molecule has 3 aromatic rings. The van der Waals surface area contributed by atoms with E-state index < -0.39 is 0 Å². The van der Waals surface area contributed by atoms with Crippen LogP contribution in [0.15, 0.2) is 35.8 Å². The Morgan fingerprint density at radius 1 is 1.35 bits per heavy atom. The molecule has 0 aliphatic heterocycles. The second-order valence-electron chi connectivity index (χ2n) is 5.36. The van der Waals surface area contributed by atoms with Gasteiger partial charge in [0.25, 0.3) is 0 Å². The first-order valence-electron chi connectivity index (χ1n) is 6.87. The smallest absolute Gasteiger partial charge is 0.113 e. The van der Waals surface area contributed by atoms with Gasteiger partial charge >= 0.3 is 0 Å². The molecule has 3 rings (SSSR count). The number of aromatic nitrogens is 2. The van der Waals surface area contributed by atoms with Crippen LogP contribution in [0.5, 0.6) is 0 Å². The van der Waals surface area contributed by atoms with Crippen LogP contribution < -0.4 is 5.73 Å². The minimum absolute atomic E-state index is 0.177. The van der Waals surface area contributed by atoms with Crippen molar-refractivity contribution in [1.82, 2.24) is 9.55 Å². The van der Waals surface area contributed by atoms with Crippen molar-refractivity contribution in [3.63, 3.8) is 0 Å². The van der Waals surface area contributed by atoms with Gasteiger partial charge in [-0.1, -0.05) is 18.2 Å². The summed E-state index contributed by atoms with van der Waals surface area (Å²) in [6, 6.07) is 8.69. The number of nitrogens with zero attached hydrogens (tertiary/aromatic N) is 2. The van der Waals surface area contributed by atoms with E-state index in [1.165, 1.54) is 16.5 Å². The Morgan fingerprint density at radius 2 is 2.15 bits per heavy atom. The highest BCUT2D eigenvalue weighted by molar-refractivity contribution is 7.09. The lowest BCUT2D eigenvalue weighted by atomic mass is 10.1. The fraction of sp³-hybridized carbons (Fsp3) is 0.312. The number of hydrogen-bond donors (Lipinski definition) is 1. The van der Waals surface area contributed by atoms with Gasteiger partial charge in [-0.25, -0.2) is 4.98 Å². The van der Waals surface area contributed by atoms with E-state index in [1.54, 1.807) is 11.3 Å². The van der Waals surface area contributed by atoms with Crippen molar-refractivity contribution in [3.05, 3.63) is 52.1 Å². The first-order valence-corrected chi connectivity index (χ1v) is 7.75. The van der Waals surface area contributed by atoms with Gasteiger partial charge in [0.15, 0.2) is 0 Å². The molecule has 1 aromatic carbocycles. The van der Waals surface area contributed by atoms with E-state index in [-0.39, 0.29) is 6.04 Å². The number of aryl methyl sites for hydroxylation is 1. The Morgan fingerprint density at radius 3 is 2.85 bits per heavy atom. The third-order valence-electron chi connectivity index (χ3n) is 3.39. The van der Waals surface area contributed by atoms with Gasteiger partial charge in [-0.3, -0.25) is 0 Å². The molecule has 0 spiro atoms. The minimum Gasteiger partial charge on any atom is -0.340 e. The van der Waals surface area contributed by atoms with E-state index in [0.717, 1.165) is 23.7 Å². The number of rotatable bonds is 4. The molecule has 0 amide bonds. The highest BCUT2D eigenvalue weighted by Gasteiger charge is 2.10. The first kappa shape index (κ1) is 13.3. The van der Waals surface area contributed by atoms with Crippen LogP contribution in [0.1, 0.15) is 23.2 Å². The maximum atomic E-state index is 5.96. The van der Waals surface area contributed by atoms with Gasteiger partial charge in [-0.2, -0.15) is 0 Å². The van der Waals surface area contributed by atoms with Crippen LogP contribution in [0, 0.1) is 6.92 Å². The average Bonchev–Trinajstić information content (AvgIpc) is 2.95. The van der Waals surface area contributed by atoms with Crippen LogP contribution >= 0.6 is 11.3 Å². The van der Waals surface area contributed by atoms with Gasteiger partial charge in [0, 0.05) is 34.2 Å². The minimum atomic E-state index is 0.177. The van der Waals surface area contributed by atoms with E-state index in [1.807, 2.05) is 6.92 Å². The summed E-state index contributed by atoms with van der Waals surface area (Å²) in [5.41, 5.74) is 9.64. The number of benzene rings is 1. The SMILES string of the molecule is Cc1csc(Cn2cc(CC(C)N)c3ccccc32)n1. The predicted octanol–water partition coefficient (Wildman–Crippen LogP) is 3.34. The maximum absolute atomic E-state index is 5.96. The second kappa shape index (κ2) is 5.38. The summed E-state index contributed by atoms with van der Waals surface area (Å²) in [4.78, 5) is 4.56. The number of para-hydroxylation sites is 1. The molecule has 3 nitrogen and oxygen atoms in total. The van der Waals surface area contributed by atoms with Gasteiger partial charge in [-0.15, -0.1) is 11.3 Å². The molecule has 20 heavy (non-hydrogen) atoms. The summed E-state index contributed by atoms with van der Waals surface area (Å²) in [7, 11) is 0. The van der Waals surface area contributed by atoms with E-state index in [4.69, 9.17) is 5.73 Å². The van der Waals surface area contributed by atoms with Crippen molar-refractivity contribution in [3.8, 4) is 0 Å². The number of nitrogens with two attached hydrogens (primary N) is 1. The summed E-state index contributed by atoms with van der Waals surface area (Å²) in [6.45, 7) is 4.92. The molecular formula is C16H19N3S. The third-order valence-corrected chi connectivity index (χ3v) is 4.34. The molecule has 0 aliphatic rings. The van der Waals surface area contributed by atoms with Crippen molar-refractivity contribution in [2.24, 2.45) is 5.73 Å². The van der Waals surface area contributed by atoms with Gasteiger partial charge in [-0.05, 0) is 31.9 Å². The molecule has 0 saturated heterocycles. The molecule has 1 unspecified atom stereocenters. The fourth-order valence-corrected chi connectivity index (χ4v) is 3.35. The highest BCUT2D eigenvalue weighted by Crippen LogP contribution is 2.24. The maximum Gasteiger partial charge on any atom is 0.113 e. The lowest BCUT2D eigenvalue weighted by molar-refractivity contribution is 0.734. The normalized spacial score (nSPS) is 12.9. The van der Waals surface area contributed by atoms with Gasteiger partial charge in [0.05, 0.1) is 6.54 Å². The first-order chi connectivity index (χ1) is 9.63. The molecular weight excluding hydrogens is 266 g/mol. The Bertz CT molecular complexity index is 724. The molecule has 2 aromatic heterocycles. The van der Waals surface area contributed by atoms with E-state index >= 15 is 0 Å². The number of fused-ring (bicyclic) bond motifs is 1. The number of hydrogen-bond acceptors (Lipinski definition) is 3. The van der Waals surface area contributed by atoms with E-state index in [0.29, 0.717) is 0 Å². The van der Waals surface area contributed by atoms with Crippen LogP contribution in [0.2, 0.25) is 0 Å². The summed E-state index contributed by atoms with van der Waals surface area (Å²) in [5.74, 6) is 0. The summed E-state index contributed by atoms with van der Waals surface area (Å²) >= 11 is 1.72. The zero-order chi connectivity index (χ0) is 14.1. The monoisotopic (exact) mass is 285 g/mol. The zero-order valence-electron chi connectivity index (χ0n) is 11.8. The molecule has 0 radical (unpaired) electrons. The van der Waals surface area contributed by atoms with Crippen molar-refractivity contribution in [2.75, 3.05) is 0 Å². The van der Waals surface area contributed by atoms with E-state index in [9.17, 15) is 0 Å². The van der Waals surface area contributed by atoms with Crippen molar-refractivity contribution < 1.29 is 0 Å². The molecule has 104 valence electrons. The van der Waals surface area contributed by atoms with Gasteiger partial charge < -0.3 is 10.3 Å². The Kier molecular flexibility index (Phi) is 3.59. The van der Waals surface area contributed by atoms with Crippen LogP contribution in [-0.2, 0) is 13.0 Å². The largest absolute Gasteiger partial charge is 0.340 e. The molecule has 0 fully saturated rings. The standard InChI is InChI=1S/C16H19N3S/c1-11(17)7-13-8-19(9-16-18-12(2)10-20-16)15-6-4-3-5-14(13)15/h3-6,8,10-11H,7,9,17H2,1-2H3. The van der Waals surface area contributed by atoms with Crippen LogP contribution in [0.25, 0.3) is 10.9 Å². The van der Waals surface area contributed by atoms with Crippen molar-refractivity contribution in [1.29, 1.82) is 0 Å². The molecule has 0 bridgehead atoms.